The molecule has 17 heteroatoms. The van der Waals surface area contributed by atoms with Crippen molar-refractivity contribution in [2.24, 2.45) is 0 Å². The van der Waals surface area contributed by atoms with Gasteiger partial charge >= 0.3 is 12.2 Å². The minimum Gasteiger partial charge on any atom is -0.490 e. The monoisotopic (exact) mass is 824 g/mol. The lowest BCUT2D eigenvalue weighted by molar-refractivity contribution is -0.175. The molecule has 0 N–H and O–H groups in total. The summed E-state index contributed by atoms with van der Waals surface area (Å²) >= 11 is 0. The van der Waals surface area contributed by atoms with Crippen LogP contribution in [-0.4, -0.2) is 58.8 Å². The molecule has 0 spiro atoms. The second-order valence-electron chi connectivity index (χ2n) is 15.8. The van der Waals surface area contributed by atoms with Crippen LogP contribution in [0.25, 0.3) is 16.8 Å². The van der Waals surface area contributed by atoms with Gasteiger partial charge in [-0.05, 0) is 108 Å². The van der Waals surface area contributed by atoms with Crippen LogP contribution in [0.5, 0.6) is 5.75 Å². The number of anilines is 1. The van der Waals surface area contributed by atoms with E-state index >= 15 is 13.2 Å². The highest BCUT2D eigenvalue weighted by molar-refractivity contribution is 6.73. The number of nitrogens with zero attached hydrogens (tertiary/aromatic N) is 4. The van der Waals surface area contributed by atoms with E-state index in [1.165, 1.54) is 41.9 Å². The van der Waals surface area contributed by atoms with Gasteiger partial charge in [0.25, 0.3) is 18.3 Å². The van der Waals surface area contributed by atoms with Gasteiger partial charge in [0, 0.05) is 18.2 Å². The number of hydrogen-bond acceptors (Lipinski definition) is 8. The number of fused-ring (bicyclic) bond motifs is 1. The molecule has 4 rings (SSSR count). The van der Waals surface area contributed by atoms with Crippen molar-refractivity contribution in [1.29, 1.82) is 0 Å². The predicted octanol–water partition coefficient (Wildman–Crippen LogP) is 11.6. The molecular weight excluding hydrogens is 775 g/mol. The Labute approximate surface area is 329 Å². The van der Waals surface area contributed by atoms with E-state index in [4.69, 9.17) is 18.6 Å². The molecule has 0 saturated heterocycles. The third kappa shape index (κ3) is 10.3. The zero-order valence-corrected chi connectivity index (χ0v) is 34.8. The number of amides is 2. The lowest BCUT2D eigenvalue weighted by atomic mass is 9.87. The molecule has 1 atom stereocenters. The van der Waals surface area contributed by atoms with Crippen LogP contribution in [0.1, 0.15) is 93.2 Å². The highest BCUT2D eigenvalue weighted by atomic mass is 28.4. The van der Waals surface area contributed by atoms with E-state index < -0.39 is 91.6 Å². The molecule has 0 bridgehead atoms. The fraction of sp³-hybridized carbons (Fsp3) is 0.500. The third-order valence-corrected chi connectivity index (χ3v) is 14.2. The Morgan fingerprint density at radius 2 is 1.40 bits per heavy atom. The Hall–Kier alpha value is -4.64. The quantitative estimate of drug-likeness (QED) is 0.0914. The number of aromatic nitrogens is 3. The number of ether oxygens (including phenoxy) is 3. The summed E-state index contributed by atoms with van der Waals surface area (Å²) in [5.41, 5.74) is -5.25. The molecule has 10 nitrogen and oxygen atoms in total. The number of hydrogen-bond donors (Lipinski definition) is 0. The average Bonchev–Trinajstić information content (AvgIpc) is 3.52. The maximum Gasteiger partial charge on any atom is 0.427 e. The summed E-state index contributed by atoms with van der Waals surface area (Å²) in [6, 6.07) is 10.9. The largest absolute Gasteiger partial charge is 0.490 e. The number of rotatable bonds is 14. The van der Waals surface area contributed by atoms with Gasteiger partial charge in [0.2, 0.25) is 0 Å². The van der Waals surface area contributed by atoms with Gasteiger partial charge in [0.15, 0.2) is 25.5 Å². The van der Waals surface area contributed by atoms with E-state index in [-0.39, 0.29) is 22.3 Å². The molecule has 0 saturated carbocycles. The maximum atomic E-state index is 16.5. The van der Waals surface area contributed by atoms with Gasteiger partial charge in [-0.1, -0.05) is 39.0 Å². The number of carbonyl (C=O) groups is 2. The Bertz CT molecular complexity index is 2010. The van der Waals surface area contributed by atoms with Crippen LogP contribution in [0.4, 0.5) is 41.9 Å². The maximum absolute atomic E-state index is 16.5. The SMILES string of the molecule is CC[Si](CC)(CC)OC(C)(c1ccc(F)cc1)C(F)(F)CCOc1c(C(F)F)ccc(-c2ccn3nc(N(C(=O)OC(C)(C)C)C(=O)OC(C)(C)C)nc3c2)c1F. The fourth-order valence-corrected chi connectivity index (χ4v) is 9.20. The van der Waals surface area contributed by atoms with Gasteiger partial charge in [-0.3, -0.25) is 0 Å². The molecule has 2 heterocycles. The van der Waals surface area contributed by atoms with E-state index in [2.05, 4.69) is 10.1 Å². The number of benzene rings is 2. The molecule has 1 unspecified atom stereocenters. The molecule has 0 aliphatic heterocycles. The molecule has 0 aliphatic rings. The minimum absolute atomic E-state index is 0.00464. The van der Waals surface area contributed by atoms with Crippen molar-refractivity contribution in [2.75, 3.05) is 11.5 Å². The van der Waals surface area contributed by atoms with Crippen LogP contribution >= 0.6 is 0 Å². The molecule has 2 aromatic carbocycles. The number of carbonyl (C=O) groups excluding carboxylic acids is 2. The molecule has 2 amide bonds. The highest BCUT2D eigenvalue weighted by Crippen LogP contribution is 2.47. The van der Waals surface area contributed by atoms with E-state index in [9.17, 15) is 22.8 Å². The van der Waals surface area contributed by atoms with Crippen molar-refractivity contribution in [3.63, 3.8) is 0 Å². The van der Waals surface area contributed by atoms with Crippen LogP contribution in [0, 0.1) is 11.6 Å². The molecule has 0 fully saturated rings. The molecule has 0 aliphatic carbocycles. The van der Waals surface area contributed by atoms with Crippen LogP contribution in [0.15, 0.2) is 54.7 Å². The molecule has 4 aromatic rings. The van der Waals surface area contributed by atoms with E-state index in [0.717, 1.165) is 24.3 Å². The van der Waals surface area contributed by atoms with E-state index in [0.29, 0.717) is 23.0 Å². The van der Waals surface area contributed by atoms with Gasteiger partial charge < -0.3 is 18.6 Å². The van der Waals surface area contributed by atoms with Crippen molar-refractivity contribution in [3.05, 3.63) is 77.5 Å². The van der Waals surface area contributed by atoms with Crippen molar-refractivity contribution in [3.8, 4) is 16.9 Å². The Morgan fingerprint density at radius 1 is 0.842 bits per heavy atom. The summed E-state index contributed by atoms with van der Waals surface area (Å²) in [7, 11) is -2.73. The summed E-state index contributed by atoms with van der Waals surface area (Å²) in [6.07, 6.45) is -5.21. The van der Waals surface area contributed by atoms with Gasteiger partial charge in [0.05, 0.1) is 12.2 Å². The lowest BCUT2D eigenvalue weighted by Crippen LogP contribution is -2.53. The van der Waals surface area contributed by atoms with Gasteiger partial charge in [0.1, 0.15) is 22.6 Å². The summed E-state index contributed by atoms with van der Waals surface area (Å²) in [4.78, 5) is 31.0. The van der Waals surface area contributed by atoms with E-state index in [1.807, 2.05) is 20.8 Å². The standard InChI is InChI=1S/C40H50F6N4O6Si/c1-11-57(12-2,13-3)56-39(10,26-14-16-27(41)17-15-26)40(45,46)21-23-53-32-29(33(43)44)19-18-28(31(32)42)25-20-22-49-30(24-25)47-34(48-49)50(35(51)54-37(4,5)6)36(52)55-38(7,8)9/h14-20,22,24,33H,11-13,21,23H2,1-10H3. The summed E-state index contributed by atoms with van der Waals surface area (Å²) < 4.78 is 115. The smallest absolute Gasteiger partial charge is 0.427 e. The third-order valence-electron chi connectivity index (χ3n) is 9.46. The molecular formula is C40H50F6N4O6Si. The van der Waals surface area contributed by atoms with Crippen molar-refractivity contribution in [2.45, 2.75) is 123 Å². The molecule has 2 aromatic heterocycles. The number of imide groups is 1. The normalized spacial score (nSPS) is 13.8. The summed E-state index contributed by atoms with van der Waals surface area (Å²) in [5.74, 6) is -6.92. The molecule has 0 radical (unpaired) electrons. The number of pyridine rings is 1. The summed E-state index contributed by atoms with van der Waals surface area (Å²) in [6.45, 7) is 15.5. The highest BCUT2D eigenvalue weighted by Gasteiger charge is 2.55. The topological polar surface area (TPSA) is 104 Å². The van der Waals surface area contributed by atoms with Crippen molar-refractivity contribution in [1.82, 2.24) is 14.6 Å². The predicted molar refractivity (Wildman–Crippen MR) is 205 cm³/mol. The fourth-order valence-electron chi connectivity index (χ4n) is 6.13. The average molecular weight is 825 g/mol. The van der Waals surface area contributed by atoms with Crippen LogP contribution in [0.3, 0.4) is 0 Å². The first-order valence-corrected chi connectivity index (χ1v) is 21.1. The number of halogens is 6. The lowest BCUT2D eigenvalue weighted by Gasteiger charge is -2.45. The molecule has 57 heavy (non-hydrogen) atoms. The van der Waals surface area contributed by atoms with E-state index in [1.54, 1.807) is 41.5 Å². The Morgan fingerprint density at radius 3 is 1.91 bits per heavy atom. The van der Waals surface area contributed by atoms with Crippen molar-refractivity contribution >= 4 is 32.1 Å². The van der Waals surface area contributed by atoms with Gasteiger partial charge in [-0.15, -0.1) is 10.00 Å². The van der Waals surface area contributed by atoms with Crippen molar-refractivity contribution < 1.29 is 54.6 Å². The van der Waals surface area contributed by atoms with Gasteiger partial charge in [-0.25, -0.2) is 40.4 Å². The molecule has 312 valence electrons. The second kappa shape index (κ2) is 17.1. The van der Waals surface area contributed by atoms with Crippen LogP contribution < -0.4 is 9.64 Å². The first-order chi connectivity index (χ1) is 26.4. The first-order valence-electron chi connectivity index (χ1n) is 18.6. The van der Waals surface area contributed by atoms with Gasteiger partial charge in [-0.2, -0.15) is 4.98 Å². The second-order valence-corrected chi connectivity index (χ2v) is 20.5. The number of alkyl halides is 4. The van der Waals surface area contributed by atoms with Crippen LogP contribution in [0.2, 0.25) is 18.1 Å². The first kappa shape index (κ1) is 45.1. The zero-order valence-electron chi connectivity index (χ0n) is 33.8. The minimum atomic E-state index is -3.69. The summed E-state index contributed by atoms with van der Waals surface area (Å²) in [5, 5.41) is 4.19. The zero-order chi connectivity index (χ0) is 42.7. The Kier molecular flexibility index (Phi) is 13.5. The Balaban J connectivity index is 1.70. The van der Waals surface area contributed by atoms with Crippen LogP contribution in [-0.2, 0) is 19.5 Å².